The van der Waals surface area contributed by atoms with E-state index >= 15 is 0 Å². The number of aryl methyl sites for hydroxylation is 2. The molecule has 0 saturated carbocycles. The Morgan fingerprint density at radius 3 is 2.57 bits per heavy atom. The zero-order chi connectivity index (χ0) is 20.1. The summed E-state index contributed by atoms with van der Waals surface area (Å²) in [6.07, 6.45) is 1.43. The molecule has 8 nitrogen and oxygen atoms in total. The Bertz CT molecular complexity index is 1020. The fourth-order valence-electron chi connectivity index (χ4n) is 2.96. The Morgan fingerprint density at radius 2 is 1.89 bits per heavy atom. The van der Waals surface area contributed by atoms with Gasteiger partial charge in [0.05, 0.1) is 12.3 Å². The highest BCUT2D eigenvalue weighted by Crippen LogP contribution is 2.10. The molecule has 1 aromatic carbocycles. The second kappa shape index (κ2) is 8.69. The number of ether oxygens (including phenoxy) is 1. The Balaban J connectivity index is 1.76. The lowest BCUT2D eigenvalue weighted by atomic mass is 10.1. The van der Waals surface area contributed by atoms with E-state index in [4.69, 9.17) is 4.74 Å². The van der Waals surface area contributed by atoms with Crippen LogP contribution in [0.4, 0.5) is 5.95 Å². The summed E-state index contributed by atoms with van der Waals surface area (Å²) in [6, 6.07) is 8.33. The van der Waals surface area contributed by atoms with Crippen LogP contribution in [0.1, 0.15) is 42.7 Å². The lowest BCUT2D eigenvalue weighted by Gasteiger charge is -2.05. The van der Waals surface area contributed by atoms with Gasteiger partial charge in [-0.1, -0.05) is 31.2 Å². The van der Waals surface area contributed by atoms with Crippen molar-refractivity contribution < 1.29 is 9.53 Å². The van der Waals surface area contributed by atoms with Crippen molar-refractivity contribution in [1.82, 2.24) is 19.6 Å². The second-order valence-electron chi connectivity index (χ2n) is 6.52. The van der Waals surface area contributed by atoms with Gasteiger partial charge in [-0.15, -0.1) is 0 Å². The highest BCUT2D eigenvalue weighted by molar-refractivity contribution is 5.69. The van der Waals surface area contributed by atoms with Gasteiger partial charge in [0.15, 0.2) is 0 Å². The van der Waals surface area contributed by atoms with E-state index in [9.17, 15) is 9.59 Å². The van der Waals surface area contributed by atoms with Gasteiger partial charge in [-0.3, -0.25) is 14.7 Å². The van der Waals surface area contributed by atoms with Crippen LogP contribution in [0.2, 0.25) is 0 Å². The van der Waals surface area contributed by atoms with Crippen molar-refractivity contribution >= 4 is 17.7 Å². The summed E-state index contributed by atoms with van der Waals surface area (Å²) in [5.74, 6) is 0.435. The SMILES string of the molecule is CCOC(=O)CCc1c(C)nc2nc(NCc3ccc(CC)cc3)[nH]n2c1=O. The van der Waals surface area contributed by atoms with E-state index in [1.54, 1.807) is 13.8 Å². The standard InChI is InChI=1S/C20H25N5O3/c1-4-14-6-8-15(9-7-14)12-21-19-23-20-22-13(3)16(18(27)25(20)24-19)10-11-17(26)28-5-2/h6-9H,4-5,10-12H2,1-3H3,(H2,21,22,23,24). The number of aromatic nitrogens is 4. The first kappa shape index (κ1) is 19.6. The molecule has 0 aliphatic carbocycles. The van der Waals surface area contributed by atoms with Gasteiger partial charge < -0.3 is 10.1 Å². The third kappa shape index (κ3) is 4.39. The second-order valence-corrected chi connectivity index (χ2v) is 6.52. The number of hydrogen-bond acceptors (Lipinski definition) is 6. The molecule has 0 unspecified atom stereocenters. The number of aromatic amines is 1. The highest BCUT2D eigenvalue weighted by Gasteiger charge is 2.15. The fraction of sp³-hybridized carbons (Fsp3) is 0.400. The van der Waals surface area contributed by atoms with Crippen LogP contribution in [0.15, 0.2) is 29.1 Å². The molecule has 8 heteroatoms. The maximum Gasteiger partial charge on any atom is 0.306 e. The Hall–Kier alpha value is -3.16. The van der Waals surface area contributed by atoms with Gasteiger partial charge in [0.2, 0.25) is 5.95 Å². The van der Waals surface area contributed by atoms with Crippen LogP contribution >= 0.6 is 0 Å². The van der Waals surface area contributed by atoms with Crippen LogP contribution < -0.4 is 10.9 Å². The lowest BCUT2D eigenvalue weighted by Crippen LogP contribution is -2.23. The van der Waals surface area contributed by atoms with Crippen LogP contribution in [0.25, 0.3) is 5.78 Å². The molecule has 28 heavy (non-hydrogen) atoms. The number of H-pyrrole nitrogens is 1. The molecule has 0 bridgehead atoms. The summed E-state index contributed by atoms with van der Waals surface area (Å²) in [5.41, 5.74) is 3.20. The monoisotopic (exact) mass is 383 g/mol. The number of rotatable bonds is 8. The summed E-state index contributed by atoms with van der Waals surface area (Å²) < 4.78 is 6.23. The van der Waals surface area contributed by atoms with E-state index in [1.165, 1.54) is 10.1 Å². The number of carbonyl (C=O) groups excluding carboxylic acids is 1. The van der Waals surface area contributed by atoms with Crippen molar-refractivity contribution in [2.24, 2.45) is 0 Å². The average Bonchev–Trinajstić information content (AvgIpc) is 3.10. The summed E-state index contributed by atoms with van der Waals surface area (Å²) in [4.78, 5) is 33.1. The Morgan fingerprint density at radius 1 is 1.18 bits per heavy atom. The molecule has 2 aromatic heterocycles. The summed E-state index contributed by atoms with van der Waals surface area (Å²) in [7, 11) is 0. The Labute approximate surface area is 163 Å². The molecule has 0 fully saturated rings. The third-order valence-electron chi connectivity index (χ3n) is 4.57. The number of nitrogens with zero attached hydrogens (tertiary/aromatic N) is 3. The number of carbonyl (C=O) groups is 1. The summed E-state index contributed by atoms with van der Waals surface area (Å²) >= 11 is 0. The highest BCUT2D eigenvalue weighted by atomic mass is 16.5. The van der Waals surface area contributed by atoms with E-state index < -0.39 is 0 Å². The zero-order valence-corrected chi connectivity index (χ0v) is 16.4. The molecule has 0 spiro atoms. The van der Waals surface area contributed by atoms with Crippen LogP contribution in [0.5, 0.6) is 0 Å². The lowest BCUT2D eigenvalue weighted by molar-refractivity contribution is -0.143. The predicted octanol–water partition coefficient (Wildman–Crippen LogP) is 2.40. The maximum absolute atomic E-state index is 12.7. The van der Waals surface area contributed by atoms with Crippen LogP contribution in [0.3, 0.4) is 0 Å². The van der Waals surface area contributed by atoms with Crippen LogP contribution in [-0.4, -0.2) is 32.2 Å². The number of benzene rings is 1. The van der Waals surface area contributed by atoms with Gasteiger partial charge in [0.25, 0.3) is 11.3 Å². The first-order valence-electron chi connectivity index (χ1n) is 9.47. The molecule has 0 aliphatic rings. The molecule has 148 valence electrons. The van der Waals surface area contributed by atoms with Crippen molar-refractivity contribution in [1.29, 1.82) is 0 Å². The van der Waals surface area contributed by atoms with Crippen LogP contribution in [0, 0.1) is 6.92 Å². The molecular formula is C20H25N5O3. The van der Waals surface area contributed by atoms with Crippen LogP contribution in [-0.2, 0) is 28.9 Å². The number of fused-ring (bicyclic) bond motifs is 1. The topological polar surface area (TPSA) is 101 Å². The molecule has 0 radical (unpaired) electrons. The Kier molecular flexibility index (Phi) is 6.08. The molecule has 0 aliphatic heterocycles. The molecule has 0 atom stereocenters. The van der Waals surface area contributed by atoms with Crippen molar-refractivity contribution in [2.45, 2.75) is 46.6 Å². The van der Waals surface area contributed by atoms with Gasteiger partial charge >= 0.3 is 5.97 Å². The first-order valence-corrected chi connectivity index (χ1v) is 9.47. The molecule has 3 rings (SSSR count). The smallest absolute Gasteiger partial charge is 0.306 e. The summed E-state index contributed by atoms with van der Waals surface area (Å²) in [6.45, 7) is 6.52. The van der Waals surface area contributed by atoms with Gasteiger partial charge in [-0.2, -0.15) is 9.50 Å². The summed E-state index contributed by atoms with van der Waals surface area (Å²) in [5, 5.41) is 6.12. The molecule has 2 N–H and O–H groups in total. The number of anilines is 1. The molecular weight excluding hydrogens is 358 g/mol. The predicted molar refractivity (Wildman–Crippen MR) is 106 cm³/mol. The van der Waals surface area contributed by atoms with E-state index in [-0.39, 0.29) is 24.4 Å². The van der Waals surface area contributed by atoms with E-state index in [0.717, 1.165) is 12.0 Å². The van der Waals surface area contributed by atoms with Gasteiger partial charge in [0.1, 0.15) is 0 Å². The van der Waals surface area contributed by atoms with Gasteiger partial charge in [-0.05, 0) is 37.8 Å². The minimum absolute atomic E-state index is 0.144. The minimum Gasteiger partial charge on any atom is -0.466 e. The molecule has 0 amide bonds. The fourth-order valence-corrected chi connectivity index (χ4v) is 2.96. The van der Waals surface area contributed by atoms with Crippen molar-refractivity contribution in [3.05, 3.63) is 57.0 Å². The number of hydrogen-bond donors (Lipinski definition) is 2. The maximum atomic E-state index is 12.7. The minimum atomic E-state index is -0.326. The third-order valence-corrected chi connectivity index (χ3v) is 4.57. The molecule has 2 heterocycles. The zero-order valence-electron chi connectivity index (χ0n) is 16.4. The molecule has 0 saturated heterocycles. The van der Waals surface area contributed by atoms with E-state index in [1.807, 2.05) is 0 Å². The van der Waals surface area contributed by atoms with Crippen molar-refractivity contribution in [3.8, 4) is 0 Å². The quantitative estimate of drug-likeness (QED) is 0.579. The van der Waals surface area contributed by atoms with E-state index in [2.05, 4.69) is 51.6 Å². The van der Waals surface area contributed by atoms with Crippen molar-refractivity contribution in [3.63, 3.8) is 0 Å². The van der Waals surface area contributed by atoms with Gasteiger partial charge in [-0.25, -0.2) is 4.98 Å². The number of esters is 1. The first-order chi connectivity index (χ1) is 13.5. The average molecular weight is 383 g/mol. The van der Waals surface area contributed by atoms with Gasteiger partial charge in [0, 0.05) is 18.5 Å². The molecule has 3 aromatic rings. The number of nitrogens with one attached hydrogen (secondary N) is 2. The van der Waals surface area contributed by atoms with E-state index in [0.29, 0.717) is 36.1 Å². The largest absolute Gasteiger partial charge is 0.466 e. The van der Waals surface area contributed by atoms with Crippen molar-refractivity contribution in [2.75, 3.05) is 11.9 Å². The normalized spacial score (nSPS) is 11.0.